The first kappa shape index (κ1) is 21.1. The van der Waals surface area contributed by atoms with Crippen molar-refractivity contribution in [2.45, 2.75) is 30.2 Å². The first-order chi connectivity index (χ1) is 12.7. The minimum Gasteiger partial charge on any atom is -0.348 e. The fourth-order valence-electron chi connectivity index (χ4n) is 2.40. The Kier molecular flexibility index (Phi) is 7.15. The van der Waals surface area contributed by atoms with E-state index >= 15 is 0 Å². The number of hydrogen-bond acceptors (Lipinski definition) is 5. The van der Waals surface area contributed by atoms with E-state index in [0.29, 0.717) is 12.1 Å². The molecule has 2 rings (SSSR count). The highest BCUT2D eigenvalue weighted by Gasteiger charge is 2.31. The molecule has 0 aliphatic carbocycles. The van der Waals surface area contributed by atoms with Crippen LogP contribution in [0.2, 0.25) is 0 Å². The standard InChI is InChI=1S/C19H24N2O4S2/c1-13(2)11-20-18(22)19(23)21-12-16(15-8-6-14(3)7-9-15)27(24,25)17-5-4-10-26-17/h4-10,13,16H,11-12H2,1-3H3,(H,20,22)(H,21,23)/t16-/m0/s1. The Balaban J connectivity index is 2.20. The fraction of sp³-hybridized carbons (Fsp3) is 0.368. The Morgan fingerprint density at radius 2 is 1.59 bits per heavy atom. The van der Waals surface area contributed by atoms with E-state index in [2.05, 4.69) is 10.6 Å². The van der Waals surface area contributed by atoms with Crippen LogP contribution in [0, 0.1) is 12.8 Å². The second-order valence-electron chi connectivity index (χ2n) is 6.69. The molecular formula is C19H24N2O4S2. The summed E-state index contributed by atoms with van der Waals surface area (Å²) in [6.45, 7) is 5.93. The van der Waals surface area contributed by atoms with E-state index in [1.807, 2.05) is 32.9 Å². The predicted octanol–water partition coefficient (Wildman–Crippen LogP) is 2.46. The number of hydrogen-bond donors (Lipinski definition) is 2. The lowest BCUT2D eigenvalue weighted by atomic mass is 10.1. The van der Waals surface area contributed by atoms with Crippen LogP contribution in [0.3, 0.4) is 0 Å². The molecule has 0 unspecified atom stereocenters. The summed E-state index contributed by atoms with van der Waals surface area (Å²) in [6, 6.07) is 10.3. The molecule has 0 saturated carbocycles. The third-order valence-electron chi connectivity index (χ3n) is 3.92. The van der Waals surface area contributed by atoms with Crippen molar-refractivity contribution in [3.8, 4) is 0 Å². The highest BCUT2D eigenvalue weighted by Crippen LogP contribution is 2.31. The number of carbonyl (C=O) groups excluding carboxylic acids is 2. The van der Waals surface area contributed by atoms with Crippen LogP contribution in [0.5, 0.6) is 0 Å². The molecule has 0 aliphatic heterocycles. The van der Waals surface area contributed by atoms with Gasteiger partial charge in [0.25, 0.3) is 0 Å². The zero-order valence-corrected chi connectivity index (χ0v) is 17.2. The molecule has 1 aromatic carbocycles. The average molecular weight is 409 g/mol. The SMILES string of the molecule is Cc1ccc([C@H](CNC(=O)C(=O)NCC(C)C)S(=O)(=O)c2cccs2)cc1. The Morgan fingerprint density at radius 1 is 1.00 bits per heavy atom. The third kappa shape index (κ3) is 5.64. The summed E-state index contributed by atoms with van der Waals surface area (Å²) < 4.78 is 26.3. The smallest absolute Gasteiger partial charge is 0.309 e. The maximum atomic E-state index is 13.0. The zero-order chi connectivity index (χ0) is 20.0. The molecule has 0 bridgehead atoms. The van der Waals surface area contributed by atoms with Crippen LogP contribution in [0.1, 0.15) is 30.2 Å². The van der Waals surface area contributed by atoms with Gasteiger partial charge in [0, 0.05) is 13.1 Å². The van der Waals surface area contributed by atoms with Crippen LogP contribution in [0.25, 0.3) is 0 Å². The van der Waals surface area contributed by atoms with Gasteiger partial charge in [-0.05, 0) is 29.9 Å². The average Bonchev–Trinajstić information content (AvgIpc) is 3.16. The van der Waals surface area contributed by atoms with E-state index in [1.54, 1.807) is 29.6 Å². The molecule has 0 fully saturated rings. The highest BCUT2D eigenvalue weighted by molar-refractivity contribution is 7.93. The number of carbonyl (C=O) groups is 2. The van der Waals surface area contributed by atoms with Gasteiger partial charge in [0.05, 0.1) is 0 Å². The second kappa shape index (κ2) is 9.14. The molecule has 6 nitrogen and oxygen atoms in total. The van der Waals surface area contributed by atoms with Crippen molar-refractivity contribution in [3.05, 3.63) is 52.9 Å². The molecule has 0 aliphatic rings. The fourth-order valence-corrected chi connectivity index (χ4v) is 5.26. The summed E-state index contributed by atoms with van der Waals surface area (Å²) in [4.78, 5) is 23.9. The van der Waals surface area contributed by atoms with Crippen LogP contribution in [0.15, 0.2) is 46.0 Å². The van der Waals surface area contributed by atoms with Gasteiger partial charge in [0.1, 0.15) is 9.46 Å². The van der Waals surface area contributed by atoms with E-state index in [-0.39, 0.29) is 16.7 Å². The maximum absolute atomic E-state index is 13.0. The highest BCUT2D eigenvalue weighted by atomic mass is 32.2. The van der Waals surface area contributed by atoms with Crippen LogP contribution >= 0.6 is 11.3 Å². The first-order valence-corrected chi connectivity index (χ1v) is 11.0. The molecule has 0 spiro atoms. The molecule has 2 aromatic rings. The van der Waals surface area contributed by atoms with Gasteiger partial charge in [-0.15, -0.1) is 11.3 Å². The zero-order valence-electron chi connectivity index (χ0n) is 15.6. The number of benzene rings is 1. The summed E-state index contributed by atoms with van der Waals surface area (Å²) in [7, 11) is -3.70. The van der Waals surface area contributed by atoms with Crippen molar-refractivity contribution in [2.24, 2.45) is 5.92 Å². The minimum absolute atomic E-state index is 0.183. The monoisotopic (exact) mass is 408 g/mol. The number of sulfone groups is 1. The Labute approximate surface area is 163 Å². The largest absolute Gasteiger partial charge is 0.348 e. The van der Waals surface area contributed by atoms with Crippen molar-refractivity contribution < 1.29 is 18.0 Å². The summed E-state index contributed by atoms with van der Waals surface area (Å²) in [6.07, 6.45) is 0. The van der Waals surface area contributed by atoms with Crippen molar-refractivity contribution in [1.29, 1.82) is 0 Å². The maximum Gasteiger partial charge on any atom is 0.309 e. The summed E-state index contributed by atoms with van der Waals surface area (Å²) >= 11 is 1.13. The summed E-state index contributed by atoms with van der Waals surface area (Å²) in [5, 5.41) is 5.70. The van der Waals surface area contributed by atoms with Crippen LogP contribution in [-0.2, 0) is 19.4 Å². The molecular weight excluding hydrogens is 384 g/mol. The van der Waals surface area contributed by atoms with Crippen LogP contribution < -0.4 is 10.6 Å². The van der Waals surface area contributed by atoms with Crippen LogP contribution in [0.4, 0.5) is 0 Å². The first-order valence-electron chi connectivity index (χ1n) is 8.61. The topological polar surface area (TPSA) is 92.3 Å². The number of nitrogens with one attached hydrogen (secondary N) is 2. The van der Waals surface area contributed by atoms with Gasteiger partial charge in [0.2, 0.25) is 0 Å². The second-order valence-corrected chi connectivity index (χ2v) is 10.00. The predicted molar refractivity (Wildman–Crippen MR) is 106 cm³/mol. The quantitative estimate of drug-likeness (QED) is 0.689. The van der Waals surface area contributed by atoms with Crippen molar-refractivity contribution in [2.75, 3.05) is 13.1 Å². The van der Waals surface area contributed by atoms with Crippen molar-refractivity contribution in [3.63, 3.8) is 0 Å². The van der Waals surface area contributed by atoms with Crippen LogP contribution in [-0.4, -0.2) is 33.3 Å². The molecule has 146 valence electrons. The van der Waals surface area contributed by atoms with E-state index in [9.17, 15) is 18.0 Å². The van der Waals surface area contributed by atoms with E-state index in [1.165, 1.54) is 0 Å². The number of thiophene rings is 1. The normalized spacial score (nSPS) is 12.6. The molecule has 1 heterocycles. The molecule has 27 heavy (non-hydrogen) atoms. The number of aryl methyl sites for hydroxylation is 1. The summed E-state index contributed by atoms with van der Waals surface area (Å²) in [5.74, 6) is -1.39. The van der Waals surface area contributed by atoms with Crippen molar-refractivity contribution >= 4 is 33.0 Å². The molecule has 1 aromatic heterocycles. The third-order valence-corrected chi connectivity index (χ3v) is 7.46. The lowest BCUT2D eigenvalue weighted by Crippen LogP contribution is -2.43. The molecule has 1 atom stereocenters. The Hall–Kier alpha value is -2.19. The van der Waals surface area contributed by atoms with Gasteiger partial charge < -0.3 is 10.6 Å². The Morgan fingerprint density at radius 3 is 2.11 bits per heavy atom. The molecule has 0 saturated heterocycles. The lowest BCUT2D eigenvalue weighted by molar-refractivity contribution is -0.139. The molecule has 2 amide bonds. The van der Waals surface area contributed by atoms with E-state index in [0.717, 1.165) is 16.9 Å². The number of rotatable bonds is 7. The van der Waals surface area contributed by atoms with Gasteiger partial charge in [0.15, 0.2) is 9.84 Å². The Bertz CT molecular complexity index is 873. The van der Waals surface area contributed by atoms with Gasteiger partial charge in [-0.1, -0.05) is 49.7 Å². The lowest BCUT2D eigenvalue weighted by Gasteiger charge is -2.18. The van der Waals surface area contributed by atoms with Gasteiger partial charge in [-0.3, -0.25) is 9.59 Å². The van der Waals surface area contributed by atoms with Gasteiger partial charge >= 0.3 is 11.8 Å². The number of amides is 2. The van der Waals surface area contributed by atoms with Crippen molar-refractivity contribution in [1.82, 2.24) is 10.6 Å². The van der Waals surface area contributed by atoms with E-state index < -0.39 is 26.9 Å². The molecule has 2 N–H and O–H groups in total. The van der Waals surface area contributed by atoms with E-state index in [4.69, 9.17) is 0 Å². The minimum atomic E-state index is -3.70. The van der Waals surface area contributed by atoms with Gasteiger partial charge in [-0.2, -0.15) is 0 Å². The molecule has 8 heteroatoms. The summed E-state index contributed by atoms with van der Waals surface area (Å²) in [5.41, 5.74) is 1.57. The van der Waals surface area contributed by atoms with Gasteiger partial charge in [-0.25, -0.2) is 8.42 Å². The molecule has 0 radical (unpaired) electrons.